The number of hydrogen-bond acceptors (Lipinski definition) is 4. The number of carbonyl (C=O) groups excluding carboxylic acids is 1. The third-order valence-electron chi connectivity index (χ3n) is 3.90. The average molecular weight is 277 g/mol. The molecular formula is C14H19N3O3. The predicted molar refractivity (Wildman–Crippen MR) is 73.3 cm³/mol. The number of pyridine rings is 1. The summed E-state index contributed by atoms with van der Waals surface area (Å²) in [5.41, 5.74) is 0.486. The van der Waals surface area contributed by atoms with E-state index in [1.165, 1.54) is 12.3 Å². The molecule has 2 heterocycles. The number of nitrogens with one attached hydrogen (secondary N) is 2. The first kappa shape index (κ1) is 14.5. The van der Waals surface area contributed by atoms with Gasteiger partial charge in [0.1, 0.15) is 5.69 Å². The molecule has 0 spiro atoms. The summed E-state index contributed by atoms with van der Waals surface area (Å²) in [5.74, 6) is -1.00. The Morgan fingerprint density at radius 2 is 2.30 bits per heavy atom. The number of carboxylic acid groups (broad SMARTS) is 1. The quantitative estimate of drug-likeness (QED) is 0.740. The molecule has 0 saturated carbocycles. The van der Waals surface area contributed by atoms with E-state index < -0.39 is 5.97 Å². The predicted octanol–water partition coefficient (Wildman–Crippen LogP) is 0.786. The number of nitrogens with zero attached hydrogens (tertiary/aromatic N) is 1. The van der Waals surface area contributed by atoms with Crippen molar-refractivity contribution >= 4 is 11.9 Å². The SMILES string of the molecule is CCC1(C(=O)NCc2ccc(C(=O)O)nc2)CCNC1. The Kier molecular flexibility index (Phi) is 4.34. The molecule has 0 aromatic carbocycles. The molecule has 1 unspecified atom stereocenters. The van der Waals surface area contributed by atoms with Gasteiger partial charge in [0.25, 0.3) is 0 Å². The molecule has 1 fully saturated rings. The lowest BCUT2D eigenvalue weighted by Crippen LogP contribution is -2.41. The zero-order valence-electron chi connectivity index (χ0n) is 11.5. The van der Waals surface area contributed by atoms with Gasteiger partial charge in [0.2, 0.25) is 5.91 Å². The van der Waals surface area contributed by atoms with Crippen molar-refractivity contribution < 1.29 is 14.7 Å². The normalized spacial score (nSPS) is 21.6. The van der Waals surface area contributed by atoms with Gasteiger partial charge in [-0.15, -0.1) is 0 Å². The van der Waals surface area contributed by atoms with Crippen LogP contribution in [0.3, 0.4) is 0 Å². The second kappa shape index (κ2) is 6.00. The molecule has 1 atom stereocenters. The van der Waals surface area contributed by atoms with Crippen LogP contribution in [-0.4, -0.2) is 35.1 Å². The van der Waals surface area contributed by atoms with Gasteiger partial charge in [-0.2, -0.15) is 0 Å². The summed E-state index contributed by atoms with van der Waals surface area (Å²) >= 11 is 0. The molecule has 0 radical (unpaired) electrons. The summed E-state index contributed by atoms with van der Waals surface area (Å²) in [4.78, 5) is 26.8. The molecule has 6 heteroatoms. The molecule has 1 amide bonds. The largest absolute Gasteiger partial charge is 0.477 e. The van der Waals surface area contributed by atoms with Crippen LogP contribution in [-0.2, 0) is 11.3 Å². The van der Waals surface area contributed by atoms with Crippen LogP contribution in [0.2, 0.25) is 0 Å². The van der Waals surface area contributed by atoms with Crippen LogP contribution in [0.25, 0.3) is 0 Å². The maximum absolute atomic E-state index is 12.3. The molecule has 1 saturated heterocycles. The summed E-state index contributed by atoms with van der Waals surface area (Å²) < 4.78 is 0. The summed E-state index contributed by atoms with van der Waals surface area (Å²) in [6, 6.07) is 3.11. The molecule has 108 valence electrons. The van der Waals surface area contributed by atoms with Crippen molar-refractivity contribution in [3.63, 3.8) is 0 Å². The number of aromatic nitrogens is 1. The maximum atomic E-state index is 12.3. The van der Waals surface area contributed by atoms with Crippen molar-refractivity contribution in [2.24, 2.45) is 5.41 Å². The van der Waals surface area contributed by atoms with Gasteiger partial charge in [-0.25, -0.2) is 9.78 Å². The van der Waals surface area contributed by atoms with E-state index in [9.17, 15) is 9.59 Å². The molecule has 3 N–H and O–H groups in total. The van der Waals surface area contributed by atoms with Crippen molar-refractivity contribution in [2.75, 3.05) is 13.1 Å². The lowest BCUT2D eigenvalue weighted by molar-refractivity contribution is -0.130. The topological polar surface area (TPSA) is 91.3 Å². The minimum absolute atomic E-state index is 0.00472. The zero-order valence-corrected chi connectivity index (χ0v) is 11.5. The number of amides is 1. The van der Waals surface area contributed by atoms with Crippen molar-refractivity contribution in [1.82, 2.24) is 15.6 Å². The van der Waals surface area contributed by atoms with Crippen LogP contribution in [0.1, 0.15) is 35.8 Å². The van der Waals surface area contributed by atoms with Crippen molar-refractivity contribution in [3.8, 4) is 0 Å². The lowest BCUT2D eigenvalue weighted by Gasteiger charge is -2.25. The van der Waals surface area contributed by atoms with E-state index >= 15 is 0 Å². The monoisotopic (exact) mass is 277 g/mol. The highest BCUT2D eigenvalue weighted by Crippen LogP contribution is 2.29. The molecular weight excluding hydrogens is 258 g/mol. The number of hydrogen-bond donors (Lipinski definition) is 3. The fraction of sp³-hybridized carbons (Fsp3) is 0.500. The maximum Gasteiger partial charge on any atom is 0.354 e. The Balaban J connectivity index is 1.94. The van der Waals surface area contributed by atoms with E-state index in [4.69, 9.17) is 5.11 Å². The number of rotatable bonds is 5. The molecule has 0 bridgehead atoms. The Hall–Kier alpha value is -1.95. The molecule has 0 aliphatic carbocycles. The van der Waals surface area contributed by atoms with Gasteiger partial charge in [0.15, 0.2) is 0 Å². The van der Waals surface area contributed by atoms with E-state index in [1.807, 2.05) is 6.92 Å². The smallest absolute Gasteiger partial charge is 0.354 e. The first-order chi connectivity index (χ1) is 9.57. The van der Waals surface area contributed by atoms with Crippen molar-refractivity contribution in [1.29, 1.82) is 0 Å². The minimum atomic E-state index is -1.05. The minimum Gasteiger partial charge on any atom is -0.477 e. The van der Waals surface area contributed by atoms with E-state index in [0.717, 1.165) is 24.9 Å². The van der Waals surface area contributed by atoms with E-state index in [1.54, 1.807) is 6.07 Å². The van der Waals surface area contributed by atoms with Crippen molar-refractivity contribution in [2.45, 2.75) is 26.3 Å². The fourth-order valence-electron chi connectivity index (χ4n) is 2.43. The van der Waals surface area contributed by atoms with Gasteiger partial charge in [-0.3, -0.25) is 4.79 Å². The standard InChI is InChI=1S/C14H19N3O3/c1-2-14(5-6-15-9-14)13(20)17-8-10-3-4-11(12(18)19)16-7-10/h3-4,7,15H,2,5-6,8-9H2,1H3,(H,17,20)(H,18,19). The summed E-state index contributed by atoms with van der Waals surface area (Å²) in [6.07, 6.45) is 3.14. The van der Waals surface area contributed by atoms with E-state index in [2.05, 4.69) is 15.6 Å². The van der Waals surface area contributed by atoms with E-state index in [0.29, 0.717) is 13.1 Å². The Morgan fingerprint density at radius 1 is 1.50 bits per heavy atom. The molecule has 1 aromatic heterocycles. The van der Waals surface area contributed by atoms with Crippen LogP contribution in [0, 0.1) is 5.41 Å². The highest BCUT2D eigenvalue weighted by molar-refractivity contribution is 5.85. The molecule has 1 aliphatic heterocycles. The molecule has 20 heavy (non-hydrogen) atoms. The van der Waals surface area contributed by atoms with Crippen LogP contribution in [0.15, 0.2) is 18.3 Å². The highest BCUT2D eigenvalue weighted by Gasteiger charge is 2.39. The molecule has 2 rings (SSSR count). The van der Waals surface area contributed by atoms with Gasteiger partial charge in [0.05, 0.1) is 5.41 Å². The van der Waals surface area contributed by atoms with Gasteiger partial charge in [0, 0.05) is 19.3 Å². The van der Waals surface area contributed by atoms with Gasteiger partial charge in [-0.1, -0.05) is 13.0 Å². The van der Waals surface area contributed by atoms with Crippen LogP contribution in [0.4, 0.5) is 0 Å². The van der Waals surface area contributed by atoms with Crippen LogP contribution in [0.5, 0.6) is 0 Å². The first-order valence-electron chi connectivity index (χ1n) is 6.75. The molecule has 1 aliphatic rings. The van der Waals surface area contributed by atoms with Gasteiger partial charge in [-0.05, 0) is 31.0 Å². The third-order valence-corrected chi connectivity index (χ3v) is 3.90. The number of carbonyl (C=O) groups is 2. The Bertz CT molecular complexity index is 493. The van der Waals surface area contributed by atoms with E-state index in [-0.39, 0.29) is 17.0 Å². The van der Waals surface area contributed by atoms with Crippen LogP contribution < -0.4 is 10.6 Å². The van der Waals surface area contributed by atoms with Gasteiger partial charge < -0.3 is 15.7 Å². The summed E-state index contributed by atoms with van der Waals surface area (Å²) in [5, 5.41) is 14.9. The Labute approximate surface area is 117 Å². The molecule has 6 nitrogen and oxygen atoms in total. The highest BCUT2D eigenvalue weighted by atomic mass is 16.4. The number of aromatic carboxylic acids is 1. The first-order valence-corrected chi connectivity index (χ1v) is 6.75. The molecule has 1 aromatic rings. The zero-order chi connectivity index (χ0) is 14.6. The summed E-state index contributed by atoms with van der Waals surface area (Å²) in [7, 11) is 0. The Morgan fingerprint density at radius 3 is 2.80 bits per heavy atom. The van der Waals surface area contributed by atoms with Crippen LogP contribution >= 0.6 is 0 Å². The second-order valence-corrected chi connectivity index (χ2v) is 5.10. The van der Waals surface area contributed by atoms with Crippen molar-refractivity contribution in [3.05, 3.63) is 29.6 Å². The van der Waals surface area contributed by atoms with Gasteiger partial charge >= 0.3 is 5.97 Å². The number of carboxylic acids is 1. The lowest BCUT2D eigenvalue weighted by atomic mass is 9.83. The summed E-state index contributed by atoms with van der Waals surface area (Å²) in [6.45, 7) is 3.98. The average Bonchev–Trinajstić information content (AvgIpc) is 2.95. The second-order valence-electron chi connectivity index (χ2n) is 5.10. The third kappa shape index (κ3) is 2.96. The fourth-order valence-corrected chi connectivity index (χ4v) is 2.43.